The van der Waals surface area contributed by atoms with Crippen LogP contribution in [-0.4, -0.2) is 14.8 Å². The summed E-state index contributed by atoms with van der Waals surface area (Å²) in [6.07, 6.45) is 3.48. The van der Waals surface area contributed by atoms with Gasteiger partial charge in [-0.05, 0) is 67.4 Å². The van der Waals surface area contributed by atoms with E-state index in [4.69, 9.17) is 10.5 Å². The Hall–Kier alpha value is -3.34. The molecule has 124 valence electrons. The number of aryl methyl sites for hydroxylation is 2. The third kappa shape index (κ3) is 2.92. The molecule has 0 amide bonds. The quantitative estimate of drug-likeness (QED) is 0.604. The lowest BCUT2D eigenvalue weighted by Gasteiger charge is -2.09. The highest BCUT2D eigenvalue weighted by Gasteiger charge is 2.09. The van der Waals surface area contributed by atoms with Crippen LogP contribution in [0.3, 0.4) is 0 Å². The van der Waals surface area contributed by atoms with Gasteiger partial charge in [-0.2, -0.15) is 0 Å². The Morgan fingerprint density at radius 2 is 1.64 bits per heavy atom. The fourth-order valence-corrected chi connectivity index (χ4v) is 2.97. The smallest absolute Gasteiger partial charge is 0.153 e. The minimum Gasteiger partial charge on any atom is -0.457 e. The minimum absolute atomic E-state index is 0.493. The van der Waals surface area contributed by atoms with Crippen molar-refractivity contribution in [3.8, 4) is 17.2 Å². The van der Waals surface area contributed by atoms with Gasteiger partial charge in [-0.1, -0.05) is 6.07 Å². The largest absolute Gasteiger partial charge is 0.457 e. The second kappa shape index (κ2) is 5.94. The van der Waals surface area contributed by atoms with Gasteiger partial charge >= 0.3 is 0 Å². The summed E-state index contributed by atoms with van der Waals surface area (Å²) in [4.78, 5) is 4.16. The third-order valence-corrected chi connectivity index (χ3v) is 4.02. The molecule has 0 unspecified atom stereocenters. The monoisotopic (exact) mass is 330 g/mol. The molecule has 0 aliphatic heterocycles. The third-order valence-electron chi connectivity index (χ3n) is 4.02. The van der Waals surface area contributed by atoms with Gasteiger partial charge in [0.25, 0.3) is 0 Å². The molecule has 2 aromatic heterocycles. The standard InChI is InChI=1S/C20H18N4O/c1-13-9-14(2)11-17(10-13)25-16-5-3-15(4-6-16)24-19-12-22-8-7-18(19)20(21)23-24/h3-12H,1-2H3,(H2,21,23). The van der Waals surface area contributed by atoms with E-state index in [2.05, 4.69) is 30.0 Å². The second-order valence-corrected chi connectivity index (χ2v) is 6.11. The molecule has 0 saturated heterocycles. The molecule has 5 heteroatoms. The van der Waals surface area contributed by atoms with Crippen molar-refractivity contribution in [3.63, 3.8) is 0 Å². The lowest BCUT2D eigenvalue weighted by molar-refractivity contribution is 0.481. The summed E-state index contributed by atoms with van der Waals surface area (Å²) < 4.78 is 7.75. The number of ether oxygens (including phenoxy) is 1. The van der Waals surface area contributed by atoms with Crippen LogP contribution in [0.4, 0.5) is 5.82 Å². The first kappa shape index (κ1) is 15.2. The van der Waals surface area contributed by atoms with Crippen LogP contribution in [0.1, 0.15) is 11.1 Å². The van der Waals surface area contributed by atoms with Crippen molar-refractivity contribution in [1.29, 1.82) is 0 Å². The number of benzene rings is 2. The highest BCUT2D eigenvalue weighted by Crippen LogP contribution is 2.27. The van der Waals surface area contributed by atoms with E-state index in [1.807, 2.05) is 42.5 Å². The molecule has 0 fully saturated rings. The molecule has 4 aromatic rings. The summed E-state index contributed by atoms with van der Waals surface area (Å²) in [5.41, 5.74) is 10.1. The molecule has 5 nitrogen and oxygen atoms in total. The van der Waals surface area contributed by atoms with Crippen molar-refractivity contribution < 1.29 is 4.74 Å². The Balaban J connectivity index is 1.65. The van der Waals surface area contributed by atoms with Gasteiger partial charge in [0.1, 0.15) is 11.5 Å². The van der Waals surface area contributed by atoms with E-state index in [1.165, 1.54) is 11.1 Å². The highest BCUT2D eigenvalue weighted by molar-refractivity contribution is 5.89. The number of aromatic nitrogens is 3. The van der Waals surface area contributed by atoms with Gasteiger partial charge in [-0.3, -0.25) is 4.98 Å². The maximum atomic E-state index is 5.99. The zero-order valence-corrected chi connectivity index (χ0v) is 14.1. The number of nitrogens with zero attached hydrogens (tertiary/aromatic N) is 3. The van der Waals surface area contributed by atoms with Crippen LogP contribution in [-0.2, 0) is 0 Å². The molecule has 0 bridgehead atoms. The van der Waals surface area contributed by atoms with Crippen molar-refractivity contribution in [2.75, 3.05) is 5.73 Å². The molecule has 0 spiro atoms. The highest BCUT2D eigenvalue weighted by atomic mass is 16.5. The lowest BCUT2D eigenvalue weighted by atomic mass is 10.1. The van der Waals surface area contributed by atoms with E-state index in [0.717, 1.165) is 28.1 Å². The van der Waals surface area contributed by atoms with Crippen LogP contribution in [0.5, 0.6) is 11.5 Å². The van der Waals surface area contributed by atoms with Crippen LogP contribution in [0.2, 0.25) is 0 Å². The summed E-state index contributed by atoms with van der Waals surface area (Å²) in [5, 5.41) is 5.30. The first-order valence-electron chi connectivity index (χ1n) is 8.05. The number of hydrogen-bond acceptors (Lipinski definition) is 4. The Morgan fingerprint density at radius 1 is 0.920 bits per heavy atom. The molecule has 2 heterocycles. The van der Waals surface area contributed by atoms with Crippen molar-refractivity contribution in [3.05, 3.63) is 72.1 Å². The molecule has 25 heavy (non-hydrogen) atoms. The Labute approximate surface area is 145 Å². The predicted molar refractivity (Wildman–Crippen MR) is 99.3 cm³/mol. The lowest BCUT2D eigenvalue weighted by Crippen LogP contribution is -1.97. The molecule has 2 N–H and O–H groups in total. The summed E-state index contributed by atoms with van der Waals surface area (Å²) in [6, 6.07) is 15.8. The van der Waals surface area contributed by atoms with Gasteiger partial charge in [0.2, 0.25) is 0 Å². The number of anilines is 1. The van der Waals surface area contributed by atoms with Crippen LogP contribution < -0.4 is 10.5 Å². The molecule has 0 aliphatic rings. The van der Waals surface area contributed by atoms with Crippen LogP contribution in [0, 0.1) is 13.8 Å². The van der Waals surface area contributed by atoms with Gasteiger partial charge in [0, 0.05) is 11.6 Å². The van der Waals surface area contributed by atoms with E-state index >= 15 is 0 Å². The van der Waals surface area contributed by atoms with Crippen LogP contribution in [0.25, 0.3) is 16.6 Å². The average molecular weight is 330 g/mol. The number of hydrogen-bond donors (Lipinski definition) is 1. The van der Waals surface area contributed by atoms with E-state index in [9.17, 15) is 0 Å². The fraction of sp³-hybridized carbons (Fsp3) is 0.100. The van der Waals surface area contributed by atoms with Crippen LogP contribution >= 0.6 is 0 Å². The summed E-state index contributed by atoms with van der Waals surface area (Å²) in [7, 11) is 0. The number of rotatable bonds is 3. The molecular formula is C20H18N4O. The van der Waals surface area contributed by atoms with Gasteiger partial charge < -0.3 is 10.5 Å². The second-order valence-electron chi connectivity index (χ2n) is 6.11. The van der Waals surface area contributed by atoms with Gasteiger partial charge in [-0.15, -0.1) is 5.10 Å². The Kier molecular flexibility index (Phi) is 3.61. The average Bonchev–Trinajstić information content (AvgIpc) is 2.92. The molecule has 0 aliphatic carbocycles. The molecule has 0 atom stereocenters. The van der Waals surface area contributed by atoms with E-state index in [1.54, 1.807) is 17.1 Å². The van der Waals surface area contributed by atoms with E-state index in [-0.39, 0.29) is 0 Å². The minimum atomic E-state index is 0.493. The van der Waals surface area contributed by atoms with Crippen molar-refractivity contribution in [2.45, 2.75) is 13.8 Å². The Morgan fingerprint density at radius 3 is 2.36 bits per heavy atom. The first-order chi connectivity index (χ1) is 12.1. The van der Waals surface area contributed by atoms with Gasteiger partial charge in [0.15, 0.2) is 5.82 Å². The number of nitrogen functional groups attached to an aromatic ring is 1. The van der Waals surface area contributed by atoms with Crippen molar-refractivity contribution in [2.24, 2.45) is 0 Å². The van der Waals surface area contributed by atoms with Crippen molar-refractivity contribution in [1.82, 2.24) is 14.8 Å². The maximum absolute atomic E-state index is 5.99. The molecule has 0 saturated carbocycles. The first-order valence-corrected chi connectivity index (χ1v) is 8.05. The number of fused-ring (bicyclic) bond motifs is 1. The zero-order valence-electron chi connectivity index (χ0n) is 14.1. The molecule has 2 aromatic carbocycles. The van der Waals surface area contributed by atoms with Gasteiger partial charge in [0.05, 0.1) is 17.4 Å². The number of pyridine rings is 1. The zero-order chi connectivity index (χ0) is 17.4. The normalized spacial score (nSPS) is 11.0. The Bertz CT molecular complexity index is 1030. The van der Waals surface area contributed by atoms with E-state index < -0.39 is 0 Å². The molecule has 4 rings (SSSR count). The van der Waals surface area contributed by atoms with Crippen molar-refractivity contribution >= 4 is 16.7 Å². The topological polar surface area (TPSA) is 66.0 Å². The summed E-state index contributed by atoms with van der Waals surface area (Å²) in [6.45, 7) is 4.12. The predicted octanol–water partition coefficient (Wildman–Crippen LogP) is 4.41. The van der Waals surface area contributed by atoms with E-state index in [0.29, 0.717) is 5.82 Å². The molecular weight excluding hydrogens is 312 g/mol. The number of nitrogens with two attached hydrogens (primary N) is 1. The summed E-state index contributed by atoms with van der Waals surface area (Å²) >= 11 is 0. The summed E-state index contributed by atoms with van der Waals surface area (Å²) in [5.74, 6) is 2.10. The maximum Gasteiger partial charge on any atom is 0.153 e. The molecule has 0 radical (unpaired) electrons. The van der Waals surface area contributed by atoms with Crippen LogP contribution in [0.15, 0.2) is 60.9 Å². The van der Waals surface area contributed by atoms with Gasteiger partial charge in [-0.25, -0.2) is 4.68 Å². The fourth-order valence-electron chi connectivity index (χ4n) is 2.97. The SMILES string of the molecule is Cc1cc(C)cc(Oc2ccc(-n3nc(N)c4ccncc43)cc2)c1.